The first-order chi connectivity index (χ1) is 29.3. The van der Waals surface area contributed by atoms with Crippen LogP contribution < -0.4 is 10.6 Å². The minimum absolute atomic E-state index is 0.0844. The molecule has 0 saturated heterocycles. The average Bonchev–Trinajstić information content (AvgIpc) is 3.64. The lowest BCUT2D eigenvalue weighted by Gasteiger charge is -2.37. The van der Waals surface area contributed by atoms with Gasteiger partial charge >= 0.3 is 0 Å². The van der Waals surface area contributed by atoms with Crippen molar-refractivity contribution in [1.29, 1.82) is 0 Å². The number of nitrogens with zero attached hydrogens (tertiary/aromatic N) is 1. The molecule has 282 valence electrons. The Morgan fingerprint density at radius 2 is 1.20 bits per heavy atom. The smallest absolute Gasteiger partial charge is 0.131 e. The first-order valence-corrected chi connectivity index (χ1v) is 20.7. The van der Waals surface area contributed by atoms with Crippen molar-refractivity contribution < 1.29 is 0 Å². The third-order valence-electron chi connectivity index (χ3n) is 12.5. The zero-order valence-corrected chi connectivity index (χ0v) is 32.7. The van der Waals surface area contributed by atoms with Crippen molar-refractivity contribution in [1.82, 2.24) is 10.6 Å². The number of amidine groups is 1. The third kappa shape index (κ3) is 5.97. The Morgan fingerprint density at radius 3 is 1.93 bits per heavy atom. The summed E-state index contributed by atoms with van der Waals surface area (Å²) in [5.41, 5.74) is 15.9. The number of benzene rings is 8. The summed E-state index contributed by atoms with van der Waals surface area (Å²) in [6.45, 7) is 0. The van der Waals surface area contributed by atoms with E-state index in [4.69, 9.17) is 4.99 Å². The van der Waals surface area contributed by atoms with Gasteiger partial charge in [0, 0.05) is 5.56 Å². The van der Waals surface area contributed by atoms with Crippen LogP contribution in [-0.2, 0) is 5.41 Å². The largest absolute Gasteiger partial charge is 0.350 e. The van der Waals surface area contributed by atoms with Gasteiger partial charge in [-0.3, -0.25) is 5.32 Å². The highest BCUT2D eigenvalue weighted by atomic mass is 15.3. The van der Waals surface area contributed by atoms with Crippen molar-refractivity contribution in [3.05, 3.63) is 251 Å². The van der Waals surface area contributed by atoms with Gasteiger partial charge in [-0.25, -0.2) is 4.99 Å². The fourth-order valence-electron chi connectivity index (χ4n) is 9.82. The molecule has 2 N–H and O–H groups in total. The van der Waals surface area contributed by atoms with Gasteiger partial charge in [0.15, 0.2) is 0 Å². The Morgan fingerprint density at radius 1 is 0.542 bits per heavy atom. The van der Waals surface area contributed by atoms with E-state index < -0.39 is 5.41 Å². The Balaban J connectivity index is 1.08. The van der Waals surface area contributed by atoms with Crippen LogP contribution in [0.3, 0.4) is 0 Å². The Hall–Kier alpha value is -7.07. The summed E-state index contributed by atoms with van der Waals surface area (Å²) in [5.74, 6) is 0.886. The molecule has 59 heavy (non-hydrogen) atoms. The maximum Gasteiger partial charge on any atom is 0.131 e. The second kappa shape index (κ2) is 14.7. The molecule has 3 unspecified atom stereocenters. The monoisotopic (exact) mass is 757 g/mol. The van der Waals surface area contributed by atoms with Gasteiger partial charge in [-0.1, -0.05) is 206 Å². The fraction of sp³-hybridized carbons (Fsp3) is 0.0893. The summed E-state index contributed by atoms with van der Waals surface area (Å²) in [6.07, 6.45) is 8.69. The SMILES string of the molecule is C1=CCCC(C2(c3ccccc3)c3cc(-c4ccc(C5N=C(c6ccccc6)NC(c6ccccc6)N5)cc4)ccc3-c3c(-c4ccccc4)cc4ccccc4c32)=C1. The molecular formula is C56H43N3. The highest BCUT2D eigenvalue weighted by Gasteiger charge is 2.49. The maximum absolute atomic E-state index is 5.22. The summed E-state index contributed by atoms with van der Waals surface area (Å²) < 4.78 is 0. The number of rotatable bonds is 7. The van der Waals surface area contributed by atoms with Crippen molar-refractivity contribution in [2.24, 2.45) is 4.99 Å². The average molecular weight is 758 g/mol. The second-order valence-electron chi connectivity index (χ2n) is 15.8. The van der Waals surface area contributed by atoms with Crippen LogP contribution >= 0.6 is 0 Å². The zero-order valence-electron chi connectivity index (χ0n) is 32.7. The highest BCUT2D eigenvalue weighted by molar-refractivity contribution is 6.07. The van der Waals surface area contributed by atoms with E-state index in [-0.39, 0.29) is 12.3 Å². The first-order valence-electron chi connectivity index (χ1n) is 20.7. The van der Waals surface area contributed by atoms with E-state index in [9.17, 15) is 0 Å². The predicted molar refractivity (Wildman–Crippen MR) is 244 cm³/mol. The standard InChI is InChI=1S/C56H43N3/c1-6-18-39(19-7-1)49-36-44-24-16-17-29-47(44)52-51(49)48-35-34-43(37-50(48)56(52,45-25-12-4-13-26-45)46-27-14-5-15-28-46)38-30-32-42(33-31-38)55-58-53(40-20-8-2-9-21-40)57-54(59-55)41-22-10-3-11-23-41/h1-14,16-27,29-37,53,55,58H,15,28H2,(H,57,59). The van der Waals surface area contributed by atoms with Crippen LogP contribution in [-0.4, -0.2) is 5.84 Å². The molecule has 2 aliphatic carbocycles. The number of nitrogens with one attached hydrogen (secondary N) is 2. The van der Waals surface area contributed by atoms with Gasteiger partial charge in [0.2, 0.25) is 0 Å². The lowest BCUT2D eigenvalue weighted by molar-refractivity contribution is 0.409. The predicted octanol–water partition coefficient (Wildman–Crippen LogP) is 13.1. The number of hydrogen-bond acceptors (Lipinski definition) is 3. The van der Waals surface area contributed by atoms with Gasteiger partial charge in [0.1, 0.15) is 18.2 Å². The van der Waals surface area contributed by atoms with Gasteiger partial charge in [-0.15, -0.1) is 0 Å². The molecule has 0 radical (unpaired) electrons. The van der Waals surface area contributed by atoms with Gasteiger partial charge < -0.3 is 5.32 Å². The molecule has 1 aliphatic heterocycles. The van der Waals surface area contributed by atoms with Crippen molar-refractivity contribution in [2.45, 2.75) is 30.6 Å². The maximum atomic E-state index is 5.22. The highest BCUT2D eigenvalue weighted by Crippen LogP contribution is 2.62. The molecule has 8 aromatic rings. The second-order valence-corrected chi connectivity index (χ2v) is 15.8. The van der Waals surface area contributed by atoms with Gasteiger partial charge in [-0.05, 0) is 96.9 Å². The van der Waals surface area contributed by atoms with E-state index in [1.807, 2.05) is 6.07 Å². The van der Waals surface area contributed by atoms with E-state index in [0.29, 0.717) is 0 Å². The molecule has 0 saturated carbocycles. The zero-order chi connectivity index (χ0) is 39.2. The van der Waals surface area contributed by atoms with Crippen LogP contribution in [0.15, 0.2) is 223 Å². The lowest BCUT2D eigenvalue weighted by atomic mass is 9.64. The van der Waals surface area contributed by atoms with Crippen molar-refractivity contribution in [3.63, 3.8) is 0 Å². The molecule has 3 aliphatic rings. The summed E-state index contributed by atoms with van der Waals surface area (Å²) in [5, 5.41) is 10.0. The molecule has 0 amide bonds. The van der Waals surface area contributed by atoms with Crippen LogP contribution in [0.1, 0.15) is 58.6 Å². The quantitative estimate of drug-likeness (QED) is 0.170. The molecule has 3 heteroatoms. The summed E-state index contributed by atoms with van der Waals surface area (Å²) >= 11 is 0. The molecule has 0 fully saturated rings. The minimum atomic E-state index is -0.481. The number of allylic oxidation sites excluding steroid dienone is 4. The van der Waals surface area contributed by atoms with Crippen LogP contribution in [0, 0.1) is 0 Å². The van der Waals surface area contributed by atoms with Crippen LogP contribution in [0.5, 0.6) is 0 Å². The Labute approximate surface area is 346 Å². The van der Waals surface area contributed by atoms with Crippen molar-refractivity contribution >= 4 is 16.6 Å². The molecule has 1 heterocycles. The molecule has 3 atom stereocenters. The summed E-state index contributed by atoms with van der Waals surface area (Å²) in [7, 11) is 0. The van der Waals surface area contributed by atoms with Crippen molar-refractivity contribution in [2.75, 3.05) is 0 Å². The van der Waals surface area contributed by atoms with E-state index in [1.165, 1.54) is 72.0 Å². The minimum Gasteiger partial charge on any atom is -0.350 e. The number of aliphatic imine (C=N–C) groups is 1. The molecule has 0 aromatic heterocycles. The van der Waals surface area contributed by atoms with Crippen LogP contribution in [0.2, 0.25) is 0 Å². The molecule has 0 bridgehead atoms. The molecular weight excluding hydrogens is 715 g/mol. The Kier molecular flexibility index (Phi) is 8.75. The summed E-state index contributed by atoms with van der Waals surface area (Å²) in [6, 6.07) is 70.9. The normalized spacial score (nSPS) is 19.3. The van der Waals surface area contributed by atoms with Gasteiger partial charge in [0.05, 0.1) is 5.41 Å². The molecule has 3 nitrogen and oxygen atoms in total. The van der Waals surface area contributed by atoms with E-state index in [2.05, 4.69) is 217 Å². The topological polar surface area (TPSA) is 36.4 Å². The molecule has 11 rings (SSSR count). The number of hydrogen-bond donors (Lipinski definition) is 2. The fourth-order valence-corrected chi connectivity index (χ4v) is 9.82. The Bertz CT molecular complexity index is 2910. The molecule has 0 spiro atoms. The molecule has 8 aromatic carbocycles. The lowest BCUT2D eigenvalue weighted by Crippen LogP contribution is -2.44. The van der Waals surface area contributed by atoms with E-state index >= 15 is 0 Å². The van der Waals surface area contributed by atoms with Gasteiger partial charge in [0.25, 0.3) is 0 Å². The van der Waals surface area contributed by atoms with E-state index in [1.54, 1.807) is 0 Å². The number of fused-ring (bicyclic) bond motifs is 5. The van der Waals surface area contributed by atoms with E-state index in [0.717, 1.165) is 29.8 Å². The van der Waals surface area contributed by atoms with Gasteiger partial charge in [-0.2, -0.15) is 0 Å². The summed E-state index contributed by atoms with van der Waals surface area (Å²) in [4.78, 5) is 5.22. The van der Waals surface area contributed by atoms with Crippen molar-refractivity contribution in [3.8, 4) is 33.4 Å². The first kappa shape index (κ1) is 35.1. The van der Waals surface area contributed by atoms with Crippen LogP contribution in [0.4, 0.5) is 0 Å². The van der Waals surface area contributed by atoms with Crippen LogP contribution in [0.25, 0.3) is 44.2 Å². The third-order valence-corrected chi connectivity index (χ3v) is 12.5.